The average Bonchev–Trinajstić information content (AvgIpc) is 2.53. The molecule has 0 aliphatic carbocycles. The maximum Gasteiger partial charge on any atom is 0.410 e. The lowest BCUT2D eigenvalue weighted by molar-refractivity contribution is 0.0144. The molecule has 8 nitrogen and oxygen atoms in total. The molecule has 2 N–H and O–H groups in total. The Morgan fingerprint density at radius 1 is 1.28 bits per heavy atom. The Kier molecular flexibility index (Phi) is 4.53. The van der Waals surface area contributed by atoms with E-state index in [2.05, 4.69) is 9.97 Å². The third-order valence-electron chi connectivity index (χ3n) is 4.52. The van der Waals surface area contributed by atoms with Crippen molar-refractivity contribution in [2.24, 2.45) is 0 Å². The first-order valence-electron chi connectivity index (χ1n) is 8.65. The fraction of sp³-hybridized carbons (Fsp3) is 0.647. The number of aromatic nitrogens is 2. The van der Waals surface area contributed by atoms with Crippen molar-refractivity contribution in [1.82, 2.24) is 19.8 Å². The fourth-order valence-electron chi connectivity index (χ4n) is 3.32. The monoisotopic (exact) mass is 347 g/mol. The predicted octanol–water partition coefficient (Wildman–Crippen LogP) is 1.46. The minimum absolute atomic E-state index is 0.0445. The third-order valence-corrected chi connectivity index (χ3v) is 4.52. The Hall–Kier alpha value is -2.38. The van der Waals surface area contributed by atoms with Gasteiger partial charge in [0.05, 0.1) is 11.3 Å². The number of anilines is 1. The van der Waals surface area contributed by atoms with E-state index in [1.54, 1.807) is 4.90 Å². The van der Waals surface area contributed by atoms with Crippen molar-refractivity contribution in [2.45, 2.75) is 51.7 Å². The molecule has 8 heteroatoms. The summed E-state index contributed by atoms with van der Waals surface area (Å²) in [5.74, 6) is 0.155. The molecular weight excluding hydrogens is 322 g/mol. The van der Waals surface area contributed by atoms with Crippen LogP contribution < -0.4 is 5.73 Å². The first kappa shape index (κ1) is 17.4. The molecule has 25 heavy (non-hydrogen) atoms. The van der Waals surface area contributed by atoms with E-state index in [-0.39, 0.29) is 24.0 Å². The number of carbonyl (C=O) groups is 2. The molecule has 1 fully saturated rings. The van der Waals surface area contributed by atoms with Gasteiger partial charge in [0, 0.05) is 38.3 Å². The van der Waals surface area contributed by atoms with Crippen LogP contribution >= 0.6 is 0 Å². The van der Waals surface area contributed by atoms with Crippen LogP contribution in [0, 0.1) is 0 Å². The second-order valence-corrected chi connectivity index (χ2v) is 7.54. The summed E-state index contributed by atoms with van der Waals surface area (Å²) in [6, 6.07) is 0.122. The molecule has 0 atom stereocenters. The van der Waals surface area contributed by atoms with E-state index >= 15 is 0 Å². The van der Waals surface area contributed by atoms with Crippen LogP contribution in [0.1, 0.15) is 49.7 Å². The van der Waals surface area contributed by atoms with Gasteiger partial charge in [0.25, 0.3) is 5.91 Å². The van der Waals surface area contributed by atoms with E-state index < -0.39 is 5.60 Å². The van der Waals surface area contributed by atoms with Gasteiger partial charge in [-0.2, -0.15) is 0 Å². The second-order valence-electron chi connectivity index (χ2n) is 7.54. The normalized spacial score (nSPS) is 18.9. The van der Waals surface area contributed by atoms with Crippen LogP contribution in [0.5, 0.6) is 0 Å². The summed E-state index contributed by atoms with van der Waals surface area (Å²) < 4.78 is 5.41. The minimum atomic E-state index is -0.498. The number of hydrogen-bond acceptors (Lipinski definition) is 6. The Morgan fingerprint density at radius 3 is 2.60 bits per heavy atom. The Balaban J connectivity index is 1.61. The zero-order valence-corrected chi connectivity index (χ0v) is 15.0. The number of nitrogen functional groups attached to an aromatic ring is 1. The van der Waals surface area contributed by atoms with Crippen LogP contribution in [0.2, 0.25) is 0 Å². The predicted molar refractivity (Wildman–Crippen MR) is 92.0 cm³/mol. The number of nitrogens with zero attached hydrogens (tertiary/aromatic N) is 4. The van der Waals surface area contributed by atoms with Crippen molar-refractivity contribution in [3.05, 3.63) is 17.5 Å². The highest BCUT2D eigenvalue weighted by molar-refractivity contribution is 5.96. The van der Waals surface area contributed by atoms with Crippen molar-refractivity contribution in [3.63, 3.8) is 0 Å². The minimum Gasteiger partial charge on any atom is -0.444 e. The van der Waals surface area contributed by atoms with Crippen LogP contribution in [0.4, 0.5) is 10.7 Å². The van der Waals surface area contributed by atoms with Gasteiger partial charge in [0.2, 0.25) is 5.95 Å². The molecule has 1 aromatic rings. The first-order valence-corrected chi connectivity index (χ1v) is 8.65. The summed E-state index contributed by atoms with van der Waals surface area (Å²) in [4.78, 5) is 36.6. The number of rotatable bonds is 1. The van der Waals surface area contributed by atoms with Gasteiger partial charge < -0.3 is 20.3 Å². The molecule has 1 aromatic heterocycles. The van der Waals surface area contributed by atoms with Gasteiger partial charge in [-0.15, -0.1) is 0 Å². The number of ether oxygens (including phenoxy) is 1. The number of carbonyl (C=O) groups excluding carboxylic acids is 2. The van der Waals surface area contributed by atoms with Crippen LogP contribution in [-0.2, 0) is 11.2 Å². The summed E-state index contributed by atoms with van der Waals surface area (Å²) in [6.45, 7) is 7.38. The quantitative estimate of drug-likeness (QED) is 0.825. The van der Waals surface area contributed by atoms with Gasteiger partial charge >= 0.3 is 6.09 Å². The first-order chi connectivity index (χ1) is 11.7. The standard InChI is InChI=1S/C17H25N5O3/c1-17(2,3)25-16(24)21-7-4-11(5-8-21)22-9-6-13-12(14(22)23)10-19-15(18)20-13/h10-11H,4-9H2,1-3H3,(H2,18,19,20). The molecule has 1 saturated heterocycles. The van der Waals surface area contributed by atoms with Crippen molar-refractivity contribution >= 4 is 17.9 Å². The SMILES string of the molecule is CC(C)(C)OC(=O)N1CCC(N2CCc3nc(N)ncc3C2=O)CC1. The maximum atomic E-state index is 12.7. The van der Waals surface area contributed by atoms with Crippen LogP contribution in [0.25, 0.3) is 0 Å². The highest BCUT2D eigenvalue weighted by atomic mass is 16.6. The number of nitrogens with two attached hydrogens (primary N) is 1. The Bertz CT molecular complexity index is 677. The van der Waals surface area contributed by atoms with Gasteiger partial charge in [-0.25, -0.2) is 14.8 Å². The molecule has 0 aromatic carbocycles. The maximum absolute atomic E-state index is 12.7. The number of fused-ring (bicyclic) bond motifs is 1. The summed E-state index contributed by atoms with van der Waals surface area (Å²) in [7, 11) is 0. The van der Waals surface area contributed by atoms with Crippen LogP contribution in [0.15, 0.2) is 6.20 Å². The van der Waals surface area contributed by atoms with Crippen molar-refractivity contribution in [2.75, 3.05) is 25.4 Å². The summed E-state index contributed by atoms with van der Waals surface area (Å²) in [5.41, 5.74) is 6.36. The summed E-state index contributed by atoms with van der Waals surface area (Å²) >= 11 is 0. The lowest BCUT2D eigenvalue weighted by Gasteiger charge is -2.40. The number of hydrogen-bond donors (Lipinski definition) is 1. The summed E-state index contributed by atoms with van der Waals surface area (Å²) in [5, 5.41) is 0. The van der Waals surface area contributed by atoms with Crippen molar-refractivity contribution in [3.8, 4) is 0 Å². The zero-order valence-electron chi connectivity index (χ0n) is 15.0. The molecule has 3 heterocycles. The molecule has 0 saturated carbocycles. The zero-order chi connectivity index (χ0) is 18.2. The lowest BCUT2D eigenvalue weighted by Crippen LogP contribution is -2.51. The molecule has 0 unspecified atom stereocenters. The van der Waals surface area contributed by atoms with Crippen molar-refractivity contribution < 1.29 is 14.3 Å². The van der Waals surface area contributed by atoms with Gasteiger partial charge in [-0.3, -0.25) is 4.79 Å². The topological polar surface area (TPSA) is 102 Å². The van der Waals surface area contributed by atoms with E-state index in [0.717, 1.165) is 18.5 Å². The molecule has 2 aliphatic heterocycles. The molecule has 0 radical (unpaired) electrons. The highest BCUT2D eigenvalue weighted by Crippen LogP contribution is 2.25. The van der Waals surface area contributed by atoms with Crippen LogP contribution in [-0.4, -0.2) is 63.0 Å². The molecular formula is C17H25N5O3. The largest absolute Gasteiger partial charge is 0.444 e. The second kappa shape index (κ2) is 6.50. The fourth-order valence-corrected chi connectivity index (χ4v) is 3.32. The molecule has 0 spiro atoms. The highest BCUT2D eigenvalue weighted by Gasteiger charge is 2.34. The van der Waals surface area contributed by atoms with Gasteiger partial charge in [-0.05, 0) is 33.6 Å². The molecule has 0 bridgehead atoms. The van der Waals surface area contributed by atoms with Gasteiger partial charge in [0.15, 0.2) is 0 Å². The molecule has 3 rings (SSSR count). The van der Waals surface area contributed by atoms with Gasteiger partial charge in [-0.1, -0.05) is 0 Å². The van der Waals surface area contributed by atoms with E-state index in [0.29, 0.717) is 31.6 Å². The number of likely N-dealkylation sites (tertiary alicyclic amines) is 1. The van der Waals surface area contributed by atoms with E-state index in [1.165, 1.54) is 6.20 Å². The molecule has 2 amide bonds. The Labute approximate surface area is 147 Å². The number of amides is 2. The average molecular weight is 347 g/mol. The lowest BCUT2D eigenvalue weighted by atomic mass is 9.98. The van der Waals surface area contributed by atoms with Crippen LogP contribution in [0.3, 0.4) is 0 Å². The van der Waals surface area contributed by atoms with Gasteiger partial charge in [0.1, 0.15) is 5.60 Å². The van der Waals surface area contributed by atoms with E-state index in [1.807, 2.05) is 25.7 Å². The van der Waals surface area contributed by atoms with E-state index in [9.17, 15) is 9.59 Å². The third kappa shape index (κ3) is 3.83. The molecule has 2 aliphatic rings. The number of piperidine rings is 1. The smallest absolute Gasteiger partial charge is 0.410 e. The molecule has 136 valence electrons. The van der Waals surface area contributed by atoms with Crippen molar-refractivity contribution in [1.29, 1.82) is 0 Å². The summed E-state index contributed by atoms with van der Waals surface area (Å²) in [6.07, 6.45) is 3.40. The Morgan fingerprint density at radius 2 is 1.96 bits per heavy atom. The van der Waals surface area contributed by atoms with E-state index in [4.69, 9.17) is 10.5 Å².